The second-order valence-electron chi connectivity index (χ2n) is 13.1. The van der Waals surface area contributed by atoms with Crippen molar-refractivity contribution in [3.8, 4) is 17.1 Å². The zero-order chi connectivity index (χ0) is 31.3. The van der Waals surface area contributed by atoms with Gasteiger partial charge in [-0.15, -0.1) is 0 Å². The number of pyridine rings is 1. The smallest absolute Gasteiger partial charge is 0.145 e. The molecule has 0 saturated carbocycles. The molecular formula is C40H30N4OSSi. The van der Waals surface area contributed by atoms with Gasteiger partial charge in [-0.25, -0.2) is 9.97 Å². The van der Waals surface area contributed by atoms with Gasteiger partial charge < -0.3 is 9.30 Å². The van der Waals surface area contributed by atoms with Gasteiger partial charge in [-0.1, -0.05) is 73.4 Å². The fraction of sp³-hybridized carbons (Fsp3) is 0.100. The normalized spacial score (nSPS) is 18.6. The molecule has 5 heterocycles. The monoisotopic (exact) mass is 642 g/mol. The van der Waals surface area contributed by atoms with Crippen molar-refractivity contribution in [3.63, 3.8) is 0 Å². The Labute approximate surface area is 277 Å². The quantitative estimate of drug-likeness (QED) is 0.182. The molecule has 3 aromatic heterocycles. The number of rotatable bonds is 3. The van der Waals surface area contributed by atoms with E-state index in [2.05, 4.69) is 132 Å². The molecular weight excluding hydrogens is 613 g/mol. The second-order valence-corrected chi connectivity index (χ2v) is 18.5. The summed E-state index contributed by atoms with van der Waals surface area (Å²) in [6.45, 7) is 4.95. The Morgan fingerprint density at radius 3 is 2.62 bits per heavy atom. The maximum absolute atomic E-state index is 6.62. The lowest BCUT2D eigenvalue weighted by atomic mass is 9.79. The average molecular weight is 643 g/mol. The molecule has 2 unspecified atom stereocenters. The summed E-state index contributed by atoms with van der Waals surface area (Å²) >= 11 is 1.90. The van der Waals surface area contributed by atoms with Crippen molar-refractivity contribution < 1.29 is 4.74 Å². The third kappa shape index (κ3) is 3.96. The lowest BCUT2D eigenvalue weighted by Gasteiger charge is -2.33. The van der Waals surface area contributed by atoms with Gasteiger partial charge in [0.2, 0.25) is 0 Å². The Morgan fingerprint density at radius 2 is 1.66 bits per heavy atom. The first kappa shape index (κ1) is 27.0. The number of hydrogen-bond donors (Lipinski definition) is 0. The molecule has 0 fully saturated rings. The minimum atomic E-state index is -1.92. The molecule has 5 nitrogen and oxygen atoms in total. The number of nitrogens with zero attached hydrogens (tertiary/aromatic N) is 4. The largest absolute Gasteiger partial charge is 0.458 e. The molecule has 1 aliphatic carbocycles. The first-order chi connectivity index (χ1) is 23.0. The van der Waals surface area contributed by atoms with Gasteiger partial charge in [0.1, 0.15) is 31.1 Å². The van der Waals surface area contributed by atoms with Crippen LogP contribution in [0.4, 0.5) is 0 Å². The maximum atomic E-state index is 6.62. The molecule has 0 radical (unpaired) electrons. The molecule has 226 valence electrons. The van der Waals surface area contributed by atoms with Crippen LogP contribution in [0.1, 0.15) is 23.2 Å². The minimum absolute atomic E-state index is 0.103. The van der Waals surface area contributed by atoms with Crippen LogP contribution in [0.5, 0.6) is 5.75 Å². The van der Waals surface area contributed by atoms with Crippen LogP contribution in [-0.2, 0) is 0 Å². The zero-order valence-electron chi connectivity index (χ0n) is 26.0. The van der Waals surface area contributed by atoms with Crippen LogP contribution in [0, 0.1) is 0 Å². The van der Waals surface area contributed by atoms with Gasteiger partial charge in [-0.2, -0.15) is 0 Å². The second kappa shape index (κ2) is 9.94. The Bertz CT molecular complexity index is 2490. The summed E-state index contributed by atoms with van der Waals surface area (Å²) in [5, 5.41) is 5.37. The van der Waals surface area contributed by atoms with Crippen LogP contribution in [0.2, 0.25) is 13.1 Å². The first-order valence-corrected chi connectivity index (χ1v) is 19.9. The Hall–Kier alpha value is -5.11. The summed E-state index contributed by atoms with van der Waals surface area (Å²) in [5.41, 5.74) is 5.68. The summed E-state index contributed by atoms with van der Waals surface area (Å²) in [7, 11) is -1.92. The molecule has 10 rings (SSSR count). The van der Waals surface area contributed by atoms with Gasteiger partial charge in [-0.3, -0.25) is 4.57 Å². The molecule has 7 aromatic rings. The lowest BCUT2D eigenvalue weighted by molar-refractivity contribution is 0.430. The van der Waals surface area contributed by atoms with Gasteiger partial charge in [0, 0.05) is 57.1 Å². The number of fused-ring (bicyclic) bond motifs is 11. The molecule has 0 amide bonds. The Morgan fingerprint density at radius 1 is 0.766 bits per heavy atom. The standard InChI is InChI=1S/C40H30N4OSSi/c1-47(2)37-15-6-5-14-35(37)46-36-23-31-30-12-8-18-41-40(30)44(34(31)24-38(36)47)25-9-7-10-26(21-25)45-27-16-17-28-29-11-3-4-13-33(29)43-20-19-42-39(43)32(28)22-27/h3-24,28,32H,1-2H3. The Balaban J connectivity index is 1.06. The number of imidazole rings is 1. The summed E-state index contributed by atoms with van der Waals surface area (Å²) in [4.78, 5) is 12.4. The highest BCUT2D eigenvalue weighted by atomic mass is 32.2. The number of benzene rings is 4. The average Bonchev–Trinajstić information content (AvgIpc) is 3.72. The minimum Gasteiger partial charge on any atom is -0.458 e. The van der Waals surface area contributed by atoms with E-state index in [9.17, 15) is 0 Å². The summed E-state index contributed by atoms with van der Waals surface area (Å²) in [5.74, 6) is 2.99. The SMILES string of the molecule is C[Si]1(C)c2ccccc2Sc2cc3c4cccnc4n(-c4cccc(OC5=CC6c7nccn7-c7ccccc7C6C=C5)c4)c3cc21. The molecule has 0 N–H and O–H groups in total. The van der Waals surface area contributed by atoms with E-state index in [0.29, 0.717) is 0 Å². The summed E-state index contributed by atoms with van der Waals surface area (Å²) in [6, 6.07) is 35.0. The van der Waals surface area contributed by atoms with Crippen molar-refractivity contribution in [3.05, 3.63) is 151 Å². The van der Waals surface area contributed by atoms with Crippen LogP contribution in [0.25, 0.3) is 33.3 Å². The van der Waals surface area contributed by atoms with Crippen molar-refractivity contribution in [1.82, 2.24) is 19.1 Å². The third-order valence-corrected chi connectivity index (χ3v) is 15.2. The van der Waals surface area contributed by atoms with Crippen LogP contribution >= 0.6 is 11.8 Å². The van der Waals surface area contributed by atoms with Gasteiger partial charge in [0.25, 0.3) is 0 Å². The number of allylic oxidation sites excluding steroid dienone is 3. The molecule has 4 aromatic carbocycles. The highest BCUT2D eigenvalue weighted by molar-refractivity contribution is 8.00. The van der Waals surface area contributed by atoms with E-state index in [-0.39, 0.29) is 11.8 Å². The summed E-state index contributed by atoms with van der Waals surface area (Å²) in [6.07, 6.45) is 12.4. The topological polar surface area (TPSA) is 44.9 Å². The van der Waals surface area contributed by atoms with E-state index in [1.54, 1.807) is 0 Å². The van der Waals surface area contributed by atoms with E-state index in [1.807, 2.05) is 36.3 Å². The molecule has 2 aliphatic heterocycles. The van der Waals surface area contributed by atoms with Gasteiger partial charge in [0.15, 0.2) is 0 Å². The van der Waals surface area contributed by atoms with E-state index in [4.69, 9.17) is 14.7 Å². The number of ether oxygens (including phenoxy) is 1. The van der Waals surface area contributed by atoms with E-state index >= 15 is 0 Å². The van der Waals surface area contributed by atoms with Crippen LogP contribution < -0.4 is 15.1 Å². The molecule has 7 heteroatoms. The number of hydrogen-bond acceptors (Lipinski definition) is 4. The van der Waals surface area contributed by atoms with E-state index in [0.717, 1.165) is 34.1 Å². The highest BCUT2D eigenvalue weighted by Crippen LogP contribution is 2.45. The molecule has 0 spiro atoms. The summed E-state index contributed by atoms with van der Waals surface area (Å²) < 4.78 is 11.1. The third-order valence-electron chi connectivity index (χ3n) is 10.1. The number of para-hydroxylation sites is 1. The predicted molar refractivity (Wildman–Crippen MR) is 193 cm³/mol. The van der Waals surface area contributed by atoms with E-state index in [1.165, 1.54) is 42.3 Å². The van der Waals surface area contributed by atoms with Gasteiger partial charge in [0.05, 0.1) is 16.9 Å². The van der Waals surface area contributed by atoms with Gasteiger partial charge in [-0.05, 0) is 76.6 Å². The molecule has 2 atom stereocenters. The first-order valence-electron chi connectivity index (χ1n) is 16.1. The van der Waals surface area contributed by atoms with Crippen LogP contribution in [0.3, 0.4) is 0 Å². The molecule has 0 saturated heterocycles. The zero-order valence-corrected chi connectivity index (χ0v) is 27.8. The van der Waals surface area contributed by atoms with Crippen LogP contribution in [0.15, 0.2) is 149 Å². The maximum Gasteiger partial charge on any atom is 0.145 e. The van der Waals surface area contributed by atoms with Crippen molar-refractivity contribution >= 4 is 52.1 Å². The van der Waals surface area contributed by atoms with Crippen molar-refractivity contribution in [2.75, 3.05) is 0 Å². The fourth-order valence-corrected chi connectivity index (χ4v) is 13.3. The van der Waals surface area contributed by atoms with Crippen molar-refractivity contribution in [2.24, 2.45) is 0 Å². The molecule has 0 bridgehead atoms. The highest BCUT2D eigenvalue weighted by Gasteiger charge is 2.36. The van der Waals surface area contributed by atoms with Crippen molar-refractivity contribution in [2.45, 2.75) is 34.7 Å². The number of aromatic nitrogens is 4. The van der Waals surface area contributed by atoms with Gasteiger partial charge >= 0.3 is 0 Å². The van der Waals surface area contributed by atoms with E-state index < -0.39 is 8.07 Å². The molecule has 47 heavy (non-hydrogen) atoms. The van der Waals surface area contributed by atoms with Crippen molar-refractivity contribution in [1.29, 1.82) is 0 Å². The predicted octanol–water partition coefficient (Wildman–Crippen LogP) is 8.37. The Kier molecular flexibility index (Phi) is 5.72. The lowest BCUT2D eigenvalue weighted by Crippen LogP contribution is -2.56. The molecule has 3 aliphatic rings. The van der Waals surface area contributed by atoms with Crippen LogP contribution in [-0.4, -0.2) is 27.2 Å². The fourth-order valence-electron chi connectivity index (χ4n) is 7.87.